The van der Waals surface area contributed by atoms with Crippen LogP contribution in [0.3, 0.4) is 0 Å². The van der Waals surface area contributed by atoms with E-state index in [1.54, 1.807) is 24.3 Å². The highest BCUT2D eigenvalue weighted by molar-refractivity contribution is 9.11. The molecule has 0 aliphatic heterocycles. The third-order valence-electron chi connectivity index (χ3n) is 2.33. The summed E-state index contributed by atoms with van der Waals surface area (Å²) in [5, 5.41) is 13.4. The molecule has 20 heavy (non-hydrogen) atoms. The summed E-state index contributed by atoms with van der Waals surface area (Å²) >= 11 is 6.54. The van der Waals surface area contributed by atoms with Crippen LogP contribution < -0.4 is 5.43 Å². The minimum Gasteiger partial charge on any atom is -0.507 e. The highest BCUT2D eigenvalue weighted by Gasteiger charge is 2.05. The second-order valence-corrected chi connectivity index (χ2v) is 5.45. The molecule has 0 atom stereocenters. The predicted molar refractivity (Wildman–Crippen MR) is 82.8 cm³/mol. The maximum absolute atomic E-state index is 11.7. The summed E-state index contributed by atoms with van der Waals surface area (Å²) in [4.78, 5) is 15.6. The number of nitrogens with zero attached hydrogens (tertiary/aromatic N) is 2. The average Bonchev–Trinajstić information content (AvgIpc) is 2.45. The van der Waals surface area contributed by atoms with Gasteiger partial charge in [0, 0.05) is 16.2 Å². The summed E-state index contributed by atoms with van der Waals surface area (Å²) in [6, 6.07) is 8.24. The van der Waals surface area contributed by atoms with E-state index in [2.05, 4.69) is 47.4 Å². The lowest BCUT2D eigenvalue weighted by atomic mass is 10.2. The van der Waals surface area contributed by atoms with E-state index in [1.165, 1.54) is 18.5 Å². The molecule has 2 N–H and O–H groups in total. The molecule has 0 radical (unpaired) electrons. The Hall–Kier alpha value is -1.73. The summed E-state index contributed by atoms with van der Waals surface area (Å²) in [7, 11) is 0. The van der Waals surface area contributed by atoms with E-state index in [0.717, 1.165) is 4.47 Å². The van der Waals surface area contributed by atoms with E-state index in [-0.39, 0.29) is 11.4 Å². The SMILES string of the molecule is O=C(NN=Cc1cc(O)c(Br)cc1Br)c1ccccn1. The number of amides is 1. The van der Waals surface area contributed by atoms with Gasteiger partial charge in [-0.25, -0.2) is 5.43 Å². The summed E-state index contributed by atoms with van der Waals surface area (Å²) in [6.45, 7) is 0. The molecule has 0 spiro atoms. The number of phenolic OH excluding ortho intramolecular Hbond substituents is 1. The normalized spacial score (nSPS) is 10.7. The summed E-state index contributed by atoms with van der Waals surface area (Å²) < 4.78 is 1.30. The van der Waals surface area contributed by atoms with Crippen LogP contribution in [0.2, 0.25) is 0 Å². The third-order valence-corrected chi connectivity index (χ3v) is 3.66. The Balaban J connectivity index is 2.08. The molecule has 0 saturated heterocycles. The van der Waals surface area contributed by atoms with Gasteiger partial charge in [0.15, 0.2) is 0 Å². The van der Waals surface area contributed by atoms with Crippen LogP contribution in [0.1, 0.15) is 16.1 Å². The summed E-state index contributed by atoms with van der Waals surface area (Å²) in [5.74, 6) is -0.315. The Labute approximate surface area is 132 Å². The number of aromatic nitrogens is 1. The number of pyridine rings is 1. The van der Waals surface area contributed by atoms with Crippen molar-refractivity contribution in [2.24, 2.45) is 5.10 Å². The van der Waals surface area contributed by atoms with Crippen molar-refractivity contribution in [2.45, 2.75) is 0 Å². The number of carbonyl (C=O) groups excluding carboxylic acids is 1. The van der Waals surface area contributed by atoms with Crippen LogP contribution in [0, 0.1) is 0 Å². The van der Waals surface area contributed by atoms with Crippen molar-refractivity contribution in [3.05, 3.63) is 56.7 Å². The molecule has 1 aromatic carbocycles. The van der Waals surface area contributed by atoms with E-state index < -0.39 is 5.91 Å². The Morgan fingerprint density at radius 1 is 1.30 bits per heavy atom. The highest BCUT2D eigenvalue weighted by atomic mass is 79.9. The lowest BCUT2D eigenvalue weighted by Gasteiger charge is -2.02. The second kappa shape index (κ2) is 6.62. The number of hydrogen-bond acceptors (Lipinski definition) is 4. The van der Waals surface area contributed by atoms with E-state index in [1.807, 2.05) is 0 Å². The Bertz CT molecular complexity index is 660. The zero-order chi connectivity index (χ0) is 14.5. The molecule has 2 rings (SSSR count). The van der Waals surface area contributed by atoms with Gasteiger partial charge in [-0.05, 0) is 40.2 Å². The van der Waals surface area contributed by atoms with Gasteiger partial charge in [-0.2, -0.15) is 5.10 Å². The number of carbonyl (C=O) groups is 1. The largest absolute Gasteiger partial charge is 0.507 e. The molecule has 102 valence electrons. The summed E-state index contributed by atoms with van der Waals surface area (Å²) in [5.41, 5.74) is 3.27. The van der Waals surface area contributed by atoms with E-state index >= 15 is 0 Å². The van der Waals surface area contributed by atoms with Gasteiger partial charge in [-0.3, -0.25) is 9.78 Å². The highest BCUT2D eigenvalue weighted by Crippen LogP contribution is 2.29. The molecule has 7 heteroatoms. The number of hydrazone groups is 1. The Morgan fingerprint density at radius 3 is 2.80 bits per heavy atom. The van der Waals surface area contributed by atoms with Gasteiger partial charge in [0.1, 0.15) is 11.4 Å². The molecule has 1 heterocycles. The molecule has 5 nitrogen and oxygen atoms in total. The standard InChI is InChI=1S/C13H9Br2N3O2/c14-9-6-10(15)12(19)5-8(9)7-17-18-13(20)11-3-1-2-4-16-11/h1-7,19H,(H,18,20). The number of benzene rings is 1. The lowest BCUT2D eigenvalue weighted by Crippen LogP contribution is -2.18. The molecule has 1 aromatic heterocycles. The first-order valence-electron chi connectivity index (χ1n) is 5.50. The second-order valence-electron chi connectivity index (χ2n) is 3.74. The van der Waals surface area contributed by atoms with E-state index in [0.29, 0.717) is 10.0 Å². The van der Waals surface area contributed by atoms with Crippen molar-refractivity contribution in [3.8, 4) is 5.75 Å². The average molecular weight is 399 g/mol. The predicted octanol–water partition coefficient (Wildman–Crippen LogP) is 3.08. The fourth-order valence-corrected chi connectivity index (χ4v) is 2.46. The van der Waals surface area contributed by atoms with Gasteiger partial charge in [0.25, 0.3) is 5.91 Å². The third kappa shape index (κ3) is 3.64. The number of hydrogen-bond donors (Lipinski definition) is 2. The van der Waals surface area contributed by atoms with Crippen LogP contribution in [0.5, 0.6) is 5.75 Å². The summed E-state index contributed by atoms with van der Waals surface area (Å²) in [6.07, 6.45) is 2.96. The molecule has 1 amide bonds. The van der Waals surface area contributed by atoms with Crippen molar-refractivity contribution < 1.29 is 9.90 Å². The smallest absolute Gasteiger partial charge is 0.289 e. The number of aromatic hydroxyl groups is 1. The zero-order valence-electron chi connectivity index (χ0n) is 10.0. The van der Waals surface area contributed by atoms with Gasteiger partial charge in [0.05, 0.1) is 10.7 Å². The maximum atomic E-state index is 11.7. The fourth-order valence-electron chi connectivity index (χ4n) is 1.37. The molecule has 2 aromatic rings. The van der Waals surface area contributed by atoms with Crippen LogP contribution in [0.25, 0.3) is 0 Å². The van der Waals surface area contributed by atoms with Gasteiger partial charge < -0.3 is 5.11 Å². The molecule has 0 unspecified atom stereocenters. The molecule has 0 saturated carbocycles. The lowest BCUT2D eigenvalue weighted by molar-refractivity contribution is 0.0950. The van der Waals surface area contributed by atoms with Gasteiger partial charge >= 0.3 is 0 Å². The topological polar surface area (TPSA) is 74.6 Å². The van der Waals surface area contributed by atoms with E-state index in [4.69, 9.17) is 0 Å². The molecule has 0 bridgehead atoms. The fraction of sp³-hybridized carbons (Fsp3) is 0. The van der Waals surface area contributed by atoms with Crippen LogP contribution in [-0.2, 0) is 0 Å². The number of phenols is 1. The van der Waals surface area contributed by atoms with Crippen molar-refractivity contribution in [1.82, 2.24) is 10.4 Å². The molecular weight excluding hydrogens is 390 g/mol. The van der Waals surface area contributed by atoms with Gasteiger partial charge in [-0.1, -0.05) is 22.0 Å². The van der Waals surface area contributed by atoms with Crippen molar-refractivity contribution in [3.63, 3.8) is 0 Å². The molecule has 0 fully saturated rings. The first-order valence-corrected chi connectivity index (χ1v) is 7.09. The molecule has 0 aliphatic rings. The van der Waals surface area contributed by atoms with Crippen molar-refractivity contribution >= 4 is 44.0 Å². The zero-order valence-corrected chi connectivity index (χ0v) is 13.2. The Kier molecular flexibility index (Phi) is 4.86. The first-order chi connectivity index (χ1) is 9.58. The first kappa shape index (κ1) is 14.7. The molecule has 0 aliphatic carbocycles. The van der Waals surface area contributed by atoms with Crippen LogP contribution in [-0.4, -0.2) is 22.2 Å². The quantitative estimate of drug-likeness (QED) is 0.616. The van der Waals surface area contributed by atoms with Crippen LogP contribution in [0.4, 0.5) is 0 Å². The maximum Gasteiger partial charge on any atom is 0.289 e. The van der Waals surface area contributed by atoms with E-state index in [9.17, 15) is 9.90 Å². The Morgan fingerprint density at radius 2 is 2.10 bits per heavy atom. The van der Waals surface area contributed by atoms with Crippen molar-refractivity contribution in [2.75, 3.05) is 0 Å². The monoisotopic (exact) mass is 397 g/mol. The van der Waals surface area contributed by atoms with Gasteiger partial charge in [-0.15, -0.1) is 0 Å². The van der Waals surface area contributed by atoms with Crippen molar-refractivity contribution in [1.29, 1.82) is 0 Å². The number of rotatable bonds is 3. The minimum atomic E-state index is -0.403. The minimum absolute atomic E-state index is 0.0886. The molecular formula is C13H9Br2N3O2. The van der Waals surface area contributed by atoms with Crippen LogP contribution >= 0.6 is 31.9 Å². The number of nitrogens with one attached hydrogen (secondary N) is 1. The van der Waals surface area contributed by atoms with Gasteiger partial charge in [0.2, 0.25) is 0 Å². The van der Waals surface area contributed by atoms with Crippen LogP contribution in [0.15, 0.2) is 50.6 Å². The number of halogens is 2.